The van der Waals surface area contributed by atoms with Crippen molar-refractivity contribution in [2.24, 2.45) is 5.14 Å². The van der Waals surface area contributed by atoms with Crippen LogP contribution in [-0.2, 0) is 16.6 Å². The summed E-state index contributed by atoms with van der Waals surface area (Å²) in [5.41, 5.74) is 0.779. The molecule has 0 saturated carbocycles. The van der Waals surface area contributed by atoms with Crippen LogP contribution < -0.4 is 10.5 Å². The number of phenolic OH excluding ortho intramolecular Hbond substituents is 1. The van der Waals surface area contributed by atoms with Gasteiger partial charge < -0.3 is 14.8 Å². The molecule has 0 spiro atoms. The molecule has 0 radical (unpaired) electrons. The third-order valence-electron chi connectivity index (χ3n) is 2.25. The molecule has 0 unspecified atom stereocenters. The molecule has 0 atom stereocenters. The molecular formula is C11H12N2O4S. The van der Waals surface area contributed by atoms with E-state index in [1.165, 1.54) is 12.1 Å². The molecule has 18 heavy (non-hydrogen) atoms. The van der Waals surface area contributed by atoms with E-state index in [0.29, 0.717) is 12.3 Å². The van der Waals surface area contributed by atoms with Crippen LogP contribution in [0, 0.1) is 0 Å². The van der Waals surface area contributed by atoms with Crippen molar-refractivity contribution in [2.45, 2.75) is 11.6 Å². The highest BCUT2D eigenvalue weighted by atomic mass is 32.2. The lowest BCUT2D eigenvalue weighted by atomic mass is 10.3. The lowest BCUT2D eigenvalue weighted by Gasteiger charge is -2.03. The van der Waals surface area contributed by atoms with Gasteiger partial charge in [0.2, 0.25) is 5.09 Å². The summed E-state index contributed by atoms with van der Waals surface area (Å²) in [6, 6.07) is 9.31. The van der Waals surface area contributed by atoms with E-state index in [0.717, 1.165) is 5.69 Å². The molecule has 1 heterocycles. The highest BCUT2D eigenvalue weighted by Crippen LogP contribution is 2.16. The second-order valence-corrected chi connectivity index (χ2v) is 5.16. The molecule has 4 N–H and O–H groups in total. The number of anilines is 1. The number of sulfonamides is 1. The van der Waals surface area contributed by atoms with E-state index in [-0.39, 0.29) is 10.8 Å². The standard InChI is InChI=1S/C11H12N2O4S/c12-18(15,16)11-6-5-10(17-11)7-13-8-1-3-9(14)4-2-8/h1-6,13-14H,7H2,(H2,12,15,16). The average Bonchev–Trinajstić information content (AvgIpc) is 2.77. The molecule has 0 bridgehead atoms. The summed E-state index contributed by atoms with van der Waals surface area (Å²) in [7, 11) is -3.80. The van der Waals surface area contributed by atoms with Gasteiger partial charge in [0.05, 0.1) is 6.54 Å². The Labute approximate surface area is 104 Å². The van der Waals surface area contributed by atoms with Gasteiger partial charge in [0.15, 0.2) is 0 Å². The van der Waals surface area contributed by atoms with Crippen molar-refractivity contribution in [1.82, 2.24) is 0 Å². The van der Waals surface area contributed by atoms with E-state index in [4.69, 9.17) is 14.7 Å². The summed E-state index contributed by atoms with van der Waals surface area (Å²) in [4.78, 5) is 0. The molecule has 0 amide bonds. The van der Waals surface area contributed by atoms with Crippen molar-refractivity contribution >= 4 is 15.7 Å². The van der Waals surface area contributed by atoms with Crippen LogP contribution in [0.2, 0.25) is 0 Å². The maximum atomic E-state index is 11.0. The quantitative estimate of drug-likeness (QED) is 0.723. The lowest BCUT2D eigenvalue weighted by molar-refractivity contribution is 0.419. The number of rotatable bonds is 4. The predicted molar refractivity (Wildman–Crippen MR) is 65.5 cm³/mol. The van der Waals surface area contributed by atoms with Crippen molar-refractivity contribution in [2.75, 3.05) is 5.32 Å². The number of nitrogens with two attached hydrogens (primary N) is 1. The smallest absolute Gasteiger partial charge is 0.271 e. The summed E-state index contributed by atoms with van der Waals surface area (Å²) in [6.45, 7) is 0.320. The fourth-order valence-corrected chi connectivity index (χ4v) is 1.86. The SMILES string of the molecule is NS(=O)(=O)c1ccc(CNc2ccc(O)cc2)o1. The summed E-state index contributed by atoms with van der Waals surface area (Å²) >= 11 is 0. The van der Waals surface area contributed by atoms with Crippen molar-refractivity contribution in [3.05, 3.63) is 42.2 Å². The first-order valence-corrected chi connectivity index (χ1v) is 6.64. The van der Waals surface area contributed by atoms with Crippen molar-refractivity contribution in [1.29, 1.82) is 0 Å². The van der Waals surface area contributed by atoms with Gasteiger partial charge in [-0.15, -0.1) is 0 Å². The van der Waals surface area contributed by atoms with Crippen LogP contribution >= 0.6 is 0 Å². The van der Waals surface area contributed by atoms with Gasteiger partial charge in [0, 0.05) is 5.69 Å². The zero-order chi connectivity index (χ0) is 13.2. The van der Waals surface area contributed by atoms with Gasteiger partial charge in [-0.3, -0.25) is 0 Å². The van der Waals surface area contributed by atoms with Crippen LogP contribution in [0.1, 0.15) is 5.76 Å². The fourth-order valence-electron chi connectivity index (χ4n) is 1.37. The Morgan fingerprint density at radius 1 is 1.17 bits per heavy atom. The normalized spacial score (nSPS) is 11.4. The van der Waals surface area contributed by atoms with Gasteiger partial charge in [-0.25, -0.2) is 13.6 Å². The molecule has 2 aromatic rings. The molecule has 0 aliphatic rings. The van der Waals surface area contributed by atoms with Crippen molar-refractivity contribution in [3.63, 3.8) is 0 Å². The van der Waals surface area contributed by atoms with E-state index < -0.39 is 10.0 Å². The first kappa shape index (κ1) is 12.5. The Morgan fingerprint density at radius 3 is 2.39 bits per heavy atom. The number of hydrogen-bond acceptors (Lipinski definition) is 5. The van der Waals surface area contributed by atoms with Gasteiger partial charge in [-0.2, -0.15) is 0 Å². The average molecular weight is 268 g/mol. The van der Waals surface area contributed by atoms with Crippen LogP contribution in [0.4, 0.5) is 5.69 Å². The summed E-state index contributed by atoms with van der Waals surface area (Å²) in [5, 5.41) is 16.8. The first-order valence-electron chi connectivity index (χ1n) is 5.09. The van der Waals surface area contributed by atoms with Gasteiger partial charge >= 0.3 is 0 Å². The molecule has 7 heteroatoms. The van der Waals surface area contributed by atoms with Crippen molar-refractivity contribution in [3.8, 4) is 5.75 Å². The van der Waals surface area contributed by atoms with Crippen molar-refractivity contribution < 1.29 is 17.9 Å². The highest BCUT2D eigenvalue weighted by molar-refractivity contribution is 7.89. The number of primary sulfonamides is 1. The number of nitrogens with one attached hydrogen (secondary N) is 1. The Morgan fingerprint density at radius 2 is 1.83 bits per heavy atom. The Hall–Kier alpha value is -1.99. The summed E-state index contributed by atoms with van der Waals surface area (Å²) < 4.78 is 27.1. The number of phenols is 1. The molecule has 0 saturated heterocycles. The van der Waals surface area contributed by atoms with E-state index in [1.807, 2.05) is 0 Å². The highest BCUT2D eigenvalue weighted by Gasteiger charge is 2.12. The van der Waals surface area contributed by atoms with E-state index in [2.05, 4.69) is 5.32 Å². The topological polar surface area (TPSA) is 106 Å². The summed E-state index contributed by atoms with van der Waals surface area (Å²) in [5.74, 6) is 0.627. The van der Waals surface area contributed by atoms with Crippen LogP contribution in [0.25, 0.3) is 0 Å². The first-order chi connectivity index (χ1) is 8.45. The third-order valence-corrected chi connectivity index (χ3v) is 3.03. The zero-order valence-electron chi connectivity index (χ0n) is 9.33. The number of hydrogen-bond donors (Lipinski definition) is 3. The molecule has 1 aromatic heterocycles. The van der Waals surface area contributed by atoms with Gasteiger partial charge in [0.25, 0.3) is 10.0 Å². The second-order valence-electron chi connectivity index (χ2n) is 3.67. The summed E-state index contributed by atoms with van der Waals surface area (Å²) in [6.07, 6.45) is 0. The minimum atomic E-state index is -3.80. The molecule has 0 fully saturated rings. The van der Waals surface area contributed by atoms with Gasteiger partial charge in [-0.05, 0) is 36.4 Å². The van der Waals surface area contributed by atoms with Crippen LogP contribution in [0.15, 0.2) is 45.9 Å². The van der Waals surface area contributed by atoms with E-state index in [9.17, 15) is 8.42 Å². The fraction of sp³-hybridized carbons (Fsp3) is 0.0909. The zero-order valence-corrected chi connectivity index (χ0v) is 10.1. The molecule has 2 rings (SSSR count). The van der Waals surface area contributed by atoms with E-state index >= 15 is 0 Å². The largest absolute Gasteiger partial charge is 0.508 e. The molecular weight excluding hydrogens is 256 g/mol. The Balaban J connectivity index is 2.03. The number of benzene rings is 1. The Kier molecular flexibility index (Phi) is 3.26. The molecule has 1 aromatic carbocycles. The minimum Gasteiger partial charge on any atom is -0.508 e. The monoisotopic (exact) mass is 268 g/mol. The number of aromatic hydroxyl groups is 1. The van der Waals surface area contributed by atoms with Crippen LogP contribution in [-0.4, -0.2) is 13.5 Å². The van der Waals surface area contributed by atoms with Crippen LogP contribution in [0.5, 0.6) is 5.75 Å². The second kappa shape index (κ2) is 4.71. The maximum Gasteiger partial charge on any atom is 0.271 e. The molecule has 6 nitrogen and oxygen atoms in total. The third kappa shape index (κ3) is 3.02. The molecule has 0 aliphatic heterocycles. The van der Waals surface area contributed by atoms with Gasteiger partial charge in [0.1, 0.15) is 11.5 Å². The van der Waals surface area contributed by atoms with Gasteiger partial charge in [-0.1, -0.05) is 0 Å². The predicted octanol–water partition coefficient (Wildman–Crippen LogP) is 1.24. The molecule has 96 valence electrons. The van der Waals surface area contributed by atoms with E-state index in [1.54, 1.807) is 24.3 Å². The maximum absolute atomic E-state index is 11.0. The van der Waals surface area contributed by atoms with Crippen LogP contribution in [0.3, 0.4) is 0 Å². The lowest BCUT2D eigenvalue weighted by Crippen LogP contribution is -2.10. The Bertz CT molecular complexity index is 631. The molecule has 0 aliphatic carbocycles. The minimum absolute atomic E-state index is 0.176. The number of furan rings is 1.